The maximum atomic E-state index is 13.8. The van der Waals surface area contributed by atoms with Gasteiger partial charge in [-0.3, -0.25) is 0 Å². The van der Waals surface area contributed by atoms with Crippen molar-refractivity contribution < 1.29 is 23.0 Å². The molecule has 0 bridgehead atoms. The van der Waals surface area contributed by atoms with Crippen molar-refractivity contribution >= 4 is 28.3 Å². The van der Waals surface area contributed by atoms with Crippen LogP contribution in [0.1, 0.15) is 12.0 Å². The predicted molar refractivity (Wildman–Crippen MR) is 115 cm³/mol. The molecule has 0 fully saturated rings. The van der Waals surface area contributed by atoms with Crippen molar-refractivity contribution in [2.24, 2.45) is 5.10 Å². The molecule has 0 saturated heterocycles. The van der Waals surface area contributed by atoms with Gasteiger partial charge in [-0.05, 0) is 35.9 Å². The van der Waals surface area contributed by atoms with Crippen LogP contribution in [0.4, 0.5) is 18.3 Å². The van der Waals surface area contributed by atoms with E-state index in [4.69, 9.17) is 4.74 Å². The number of methoxy groups -OCH3 is 1. The summed E-state index contributed by atoms with van der Waals surface area (Å²) in [4.78, 5) is 4.29. The lowest BCUT2D eigenvalue weighted by Crippen LogP contribution is -2.55. The van der Waals surface area contributed by atoms with Gasteiger partial charge in [0.15, 0.2) is 0 Å². The van der Waals surface area contributed by atoms with Gasteiger partial charge in [0, 0.05) is 10.9 Å². The number of anilines is 1. The van der Waals surface area contributed by atoms with Crippen LogP contribution in [0.2, 0.25) is 0 Å². The second-order valence-corrected chi connectivity index (χ2v) is 7.72. The molecule has 1 aliphatic rings. The third kappa shape index (κ3) is 4.19. The molecule has 4 rings (SSSR count). The van der Waals surface area contributed by atoms with E-state index >= 15 is 0 Å². The van der Waals surface area contributed by atoms with E-state index in [0.29, 0.717) is 22.0 Å². The molecule has 2 aromatic carbocycles. The topological polar surface area (TPSA) is 58.0 Å². The van der Waals surface area contributed by atoms with Crippen molar-refractivity contribution in [2.75, 3.05) is 12.1 Å². The van der Waals surface area contributed by atoms with E-state index in [0.717, 1.165) is 16.9 Å². The van der Waals surface area contributed by atoms with Crippen molar-refractivity contribution in [1.29, 1.82) is 0 Å². The zero-order valence-corrected chi connectivity index (χ0v) is 17.2. The van der Waals surface area contributed by atoms with Gasteiger partial charge in [0.2, 0.25) is 5.13 Å². The number of hydrogen-bond donors (Lipinski definition) is 1. The summed E-state index contributed by atoms with van der Waals surface area (Å²) in [5.74, 6) is 0.657. The fourth-order valence-electron chi connectivity index (χ4n) is 3.10. The van der Waals surface area contributed by atoms with Crippen molar-refractivity contribution in [3.8, 4) is 17.0 Å². The maximum absolute atomic E-state index is 13.8. The number of rotatable bonds is 5. The van der Waals surface area contributed by atoms with Gasteiger partial charge in [0.1, 0.15) is 5.75 Å². The lowest BCUT2D eigenvalue weighted by atomic mass is 10.1. The first kappa shape index (κ1) is 21.1. The van der Waals surface area contributed by atoms with Gasteiger partial charge in [0.05, 0.1) is 24.9 Å². The summed E-state index contributed by atoms with van der Waals surface area (Å²) in [6.07, 6.45) is -2.49. The van der Waals surface area contributed by atoms with Gasteiger partial charge in [-0.2, -0.15) is 23.3 Å². The number of ether oxygens (including phenoxy) is 1. The molecule has 1 aromatic heterocycles. The van der Waals surface area contributed by atoms with Crippen LogP contribution < -0.4 is 9.75 Å². The normalized spacial score (nSPS) is 19.1. The summed E-state index contributed by atoms with van der Waals surface area (Å²) < 4.78 is 46.5. The first-order valence-corrected chi connectivity index (χ1v) is 10.2. The highest BCUT2D eigenvalue weighted by molar-refractivity contribution is 7.14. The Morgan fingerprint density at radius 1 is 1.10 bits per heavy atom. The molecule has 3 aromatic rings. The van der Waals surface area contributed by atoms with Crippen LogP contribution in [0, 0.1) is 0 Å². The summed E-state index contributed by atoms with van der Waals surface area (Å²) in [5.41, 5.74) is -1.06. The molecule has 0 saturated carbocycles. The van der Waals surface area contributed by atoms with E-state index in [9.17, 15) is 18.3 Å². The lowest BCUT2D eigenvalue weighted by Gasteiger charge is -2.32. The van der Waals surface area contributed by atoms with Crippen LogP contribution in [0.25, 0.3) is 17.3 Å². The van der Waals surface area contributed by atoms with Gasteiger partial charge in [-0.15, -0.1) is 11.3 Å². The average molecular weight is 445 g/mol. The largest absolute Gasteiger partial charge is 0.497 e. The van der Waals surface area contributed by atoms with Gasteiger partial charge in [-0.25, -0.2) is 4.98 Å². The number of nitrogens with zero attached hydrogens (tertiary/aromatic N) is 3. The fourth-order valence-corrected chi connectivity index (χ4v) is 3.95. The van der Waals surface area contributed by atoms with Gasteiger partial charge in [0.25, 0.3) is 5.72 Å². The summed E-state index contributed by atoms with van der Waals surface area (Å²) in [6.45, 7) is 0. The number of aliphatic hydroxyl groups is 1. The van der Waals surface area contributed by atoms with E-state index in [-0.39, 0.29) is 10.8 Å². The van der Waals surface area contributed by atoms with Crippen LogP contribution in [-0.2, 0) is 0 Å². The molecular formula is C22H18F3N3O2S. The number of allylic oxidation sites excluding steroid dienone is 1. The second kappa shape index (κ2) is 8.16. The Bertz CT molecular complexity index is 1110. The molecule has 2 heterocycles. The van der Waals surface area contributed by atoms with Crippen LogP contribution in [0.3, 0.4) is 0 Å². The van der Waals surface area contributed by atoms with Crippen molar-refractivity contribution in [2.45, 2.75) is 18.3 Å². The zero-order valence-electron chi connectivity index (χ0n) is 16.4. The molecule has 0 radical (unpaired) electrons. The van der Waals surface area contributed by atoms with E-state index in [2.05, 4.69) is 10.1 Å². The molecule has 1 N–H and O–H groups in total. The Balaban J connectivity index is 1.65. The van der Waals surface area contributed by atoms with Crippen molar-refractivity contribution in [3.63, 3.8) is 0 Å². The van der Waals surface area contributed by atoms with Crippen LogP contribution in [-0.4, -0.2) is 34.8 Å². The Morgan fingerprint density at radius 3 is 2.45 bits per heavy atom. The molecule has 0 aliphatic carbocycles. The number of hydrogen-bond acceptors (Lipinski definition) is 6. The van der Waals surface area contributed by atoms with Gasteiger partial charge in [-0.1, -0.05) is 36.4 Å². The molecule has 5 nitrogen and oxygen atoms in total. The second-order valence-electron chi connectivity index (χ2n) is 6.88. The first-order chi connectivity index (χ1) is 14.8. The standard InChI is InChI=1S/C22H18F3N3O2S/c1-30-18-11-8-16(9-12-18)19-14-31-20(26-19)28-21(29,22(23,24)25)13-17(27-28)10-7-15-5-3-2-4-6-15/h2-12,14,29H,13H2,1H3. The summed E-state index contributed by atoms with van der Waals surface area (Å²) in [5, 5.41) is 16.8. The number of thiazole rings is 1. The van der Waals surface area contributed by atoms with Crippen molar-refractivity contribution in [3.05, 3.63) is 71.6 Å². The Kier molecular flexibility index (Phi) is 5.55. The summed E-state index contributed by atoms with van der Waals surface area (Å²) >= 11 is 0.979. The average Bonchev–Trinajstić information content (AvgIpc) is 3.38. The molecule has 0 amide bonds. The van der Waals surface area contributed by atoms with Crippen LogP contribution in [0.15, 0.2) is 71.2 Å². The first-order valence-electron chi connectivity index (χ1n) is 9.30. The summed E-state index contributed by atoms with van der Waals surface area (Å²) in [7, 11) is 1.54. The third-order valence-electron chi connectivity index (χ3n) is 4.79. The highest BCUT2D eigenvalue weighted by Crippen LogP contribution is 2.44. The highest BCUT2D eigenvalue weighted by Gasteiger charge is 2.62. The van der Waals surface area contributed by atoms with Crippen LogP contribution >= 0.6 is 11.3 Å². The maximum Gasteiger partial charge on any atom is 0.438 e. The van der Waals surface area contributed by atoms with E-state index in [1.807, 2.05) is 30.3 Å². The highest BCUT2D eigenvalue weighted by atomic mass is 32.1. The molecule has 1 atom stereocenters. The number of benzene rings is 2. The molecular weight excluding hydrogens is 427 g/mol. The minimum Gasteiger partial charge on any atom is -0.497 e. The monoisotopic (exact) mass is 445 g/mol. The van der Waals surface area contributed by atoms with Gasteiger partial charge < -0.3 is 9.84 Å². The molecule has 9 heteroatoms. The van der Waals surface area contributed by atoms with Crippen LogP contribution in [0.5, 0.6) is 5.75 Å². The third-order valence-corrected chi connectivity index (χ3v) is 5.60. The Hall–Kier alpha value is -3.17. The SMILES string of the molecule is COc1ccc(-c2csc(N3N=C(C=Cc4ccccc4)CC3(O)C(F)(F)F)n2)cc1. The number of aromatic nitrogens is 1. The van der Waals surface area contributed by atoms with E-state index < -0.39 is 18.3 Å². The quantitative estimate of drug-likeness (QED) is 0.575. The Morgan fingerprint density at radius 2 is 1.81 bits per heavy atom. The summed E-state index contributed by atoms with van der Waals surface area (Å²) in [6, 6.07) is 16.1. The molecule has 160 valence electrons. The van der Waals surface area contributed by atoms with Gasteiger partial charge >= 0.3 is 6.18 Å². The minimum absolute atomic E-state index is 0.0474. The fraction of sp³-hybridized carbons (Fsp3) is 0.182. The Labute approximate surface area is 180 Å². The smallest absolute Gasteiger partial charge is 0.438 e. The molecule has 0 spiro atoms. The van der Waals surface area contributed by atoms with E-state index in [1.165, 1.54) is 6.08 Å². The molecule has 1 unspecified atom stereocenters. The molecule has 31 heavy (non-hydrogen) atoms. The predicted octanol–water partition coefficient (Wildman–Crippen LogP) is 5.35. The number of alkyl halides is 3. The number of hydrazone groups is 1. The van der Waals surface area contributed by atoms with Crippen molar-refractivity contribution in [1.82, 2.24) is 4.98 Å². The lowest BCUT2D eigenvalue weighted by molar-refractivity contribution is -0.254. The molecule has 1 aliphatic heterocycles. The van der Waals surface area contributed by atoms with E-state index in [1.54, 1.807) is 42.8 Å². The minimum atomic E-state index is -4.93. The number of halogens is 3. The zero-order chi connectivity index (χ0) is 22.1.